The number of rotatable bonds is 4. The van der Waals surface area contributed by atoms with Crippen molar-refractivity contribution in [1.29, 1.82) is 0 Å². The van der Waals surface area contributed by atoms with Gasteiger partial charge in [0.1, 0.15) is 17.0 Å². The second-order valence-electron chi connectivity index (χ2n) is 5.38. The van der Waals surface area contributed by atoms with Gasteiger partial charge < -0.3 is 9.47 Å². The lowest BCUT2D eigenvalue weighted by Gasteiger charge is -2.07. The third-order valence-electron chi connectivity index (χ3n) is 3.58. The molecular formula is C20H16INO3. The Kier molecular flexibility index (Phi) is 5.33. The van der Waals surface area contributed by atoms with Crippen LogP contribution in [0.2, 0.25) is 0 Å². The van der Waals surface area contributed by atoms with Crippen molar-refractivity contribution in [3.05, 3.63) is 63.4 Å². The van der Waals surface area contributed by atoms with E-state index in [4.69, 9.17) is 9.47 Å². The lowest BCUT2D eigenvalue weighted by Crippen LogP contribution is -2.02. The highest BCUT2D eigenvalue weighted by Gasteiger charge is 2.06. The van der Waals surface area contributed by atoms with Crippen molar-refractivity contribution in [2.75, 3.05) is 7.11 Å². The molecule has 2 aromatic carbocycles. The molecule has 0 amide bonds. The van der Waals surface area contributed by atoms with Crippen molar-refractivity contribution in [2.24, 2.45) is 0 Å². The molecule has 5 heteroatoms. The zero-order valence-electron chi connectivity index (χ0n) is 13.8. The largest absolute Gasteiger partial charge is 0.494 e. The quantitative estimate of drug-likeness (QED) is 0.324. The number of hydrogen-bond donors (Lipinski definition) is 0. The Hall–Kier alpha value is -2.41. The first-order chi connectivity index (χ1) is 12.1. The number of fused-ring (bicyclic) bond motifs is 1. The van der Waals surface area contributed by atoms with Crippen LogP contribution in [-0.4, -0.2) is 18.1 Å². The molecule has 3 rings (SSSR count). The van der Waals surface area contributed by atoms with E-state index in [1.54, 1.807) is 13.2 Å². The predicted octanol–water partition coefficient (Wildman–Crippen LogP) is 4.94. The van der Waals surface area contributed by atoms with Crippen molar-refractivity contribution in [2.45, 2.75) is 6.92 Å². The SMILES string of the molecule is COc1cccc2ccc(C=Cc3cc(I)ccc3OC(C)=O)nc12. The highest BCUT2D eigenvalue weighted by molar-refractivity contribution is 14.1. The number of aromatic nitrogens is 1. The number of carbonyl (C=O) groups is 1. The average molecular weight is 445 g/mol. The molecule has 0 atom stereocenters. The van der Waals surface area contributed by atoms with E-state index in [1.807, 2.05) is 54.6 Å². The topological polar surface area (TPSA) is 48.4 Å². The van der Waals surface area contributed by atoms with Crippen LogP contribution >= 0.6 is 22.6 Å². The molecule has 0 aliphatic heterocycles. The van der Waals surface area contributed by atoms with E-state index in [2.05, 4.69) is 27.6 Å². The average Bonchev–Trinajstić information content (AvgIpc) is 2.60. The van der Waals surface area contributed by atoms with Gasteiger partial charge in [0.2, 0.25) is 0 Å². The van der Waals surface area contributed by atoms with Crippen LogP contribution in [0.4, 0.5) is 0 Å². The molecule has 0 unspecified atom stereocenters. The first-order valence-corrected chi connectivity index (χ1v) is 8.74. The number of hydrogen-bond acceptors (Lipinski definition) is 4. The summed E-state index contributed by atoms with van der Waals surface area (Å²) in [6.45, 7) is 1.39. The van der Waals surface area contributed by atoms with Gasteiger partial charge >= 0.3 is 5.97 Å². The summed E-state index contributed by atoms with van der Waals surface area (Å²) in [4.78, 5) is 15.9. The molecule has 0 aliphatic carbocycles. The van der Waals surface area contributed by atoms with E-state index in [-0.39, 0.29) is 5.97 Å². The number of para-hydroxylation sites is 1. The van der Waals surface area contributed by atoms with Crippen molar-refractivity contribution in [1.82, 2.24) is 4.98 Å². The lowest BCUT2D eigenvalue weighted by atomic mass is 10.1. The van der Waals surface area contributed by atoms with E-state index in [1.165, 1.54) is 6.92 Å². The highest BCUT2D eigenvalue weighted by Crippen LogP contribution is 2.26. The summed E-state index contributed by atoms with van der Waals surface area (Å²) in [5.74, 6) is 0.926. The summed E-state index contributed by atoms with van der Waals surface area (Å²) in [7, 11) is 1.64. The minimum Gasteiger partial charge on any atom is -0.494 e. The number of benzene rings is 2. The van der Waals surface area contributed by atoms with Crippen molar-refractivity contribution < 1.29 is 14.3 Å². The first kappa shape index (κ1) is 17.4. The fraction of sp³-hybridized carbons (Fsp3) is 0.100. The van der Waals surface area contributed by atoms with Crippen molar-refractivity contribution in [3.63, 3.8) is 0 Å². The summed E-state index contributed by atoms with van der Waals surface area (Å²) in [6.07, 6.45) is 3.79. The number of carbonyl (C=O) groups excluding carboxylic acids is 1. The Labute approximate surface area is 159 Å². The van der Waals surface area contributed by atoms with E-state index in [0.29, 0.717) is 5.75 Å². The molecule has 25 heavy (non-hydrogen) atoms. The number of pyridine rings is 1. The van der Waals surface area contributed by atoms with E-state index >= 15 is 0 Å². The Bertz CT molecular complexity index is 966. The monoisotopic (exact) mass is 445 g/mol. The molecule has 126 valence electrons. The predicted molar refractivity (Wildman–Crippen MR) is 108 cm³/mol. The Morgan fingerprint density at radius 3 is 2.68 bits per heavy atom. The summed E-state index contributed by atoms with van der Waals surface area (Å²) < 4.78 is 11.7. The second-order valence-corrected chi connectivity index (χ2v) is 6.62. The normalized spacial score (nSPS) is 11.0. The molecule has 1 aromatic heterocycles. The number of ether oxygens (including phenoxy) is 2. The standard InChI is InChI=1S/C20H16INO3/c1-13(23)25-18-11-8-16(21)12-15(18)7-10-17-9-6-14-4-3-5-19(24-2)20(14)22-17/h3-12H,1-2H3. The molecule has 4 nitrogen and oxygen atoms in total. The molecule has 0 bridgehead atoms. The van der Waals surface area contributed by atoms with Gasteiger partial charge in [0.15, 0.2) is 0 Å². The van der Waals surface area contributed by atoms with Gasteiger partial charge in [0, 0.05) is 21.4 Å². The Balaban J connectivity index is 1.98. The zero-order chi connectivity index (χ0) is 17.8. The number of esters is 1. The Morgan fingerprint density at radius 1 is 1.08 bits per heavy atom. The number of methoxy groups -OCH3 is 1. The maximum absolute atomic E-state index is 11.3. The smallest absolute Gasteiger partial charge is 0.308 e. The number of nitrogens with zero attached hydrogens (tertiary/aromatic N) is 1. The summed E-state index contributed by atoms with van der Waals surface area (Å²) in [5, 5.41) is 1.02. The van der Waals surface area contributed by atoms with Crippen LogP contribution in [0.25, 0.3) is 23.1 Å². The number of halogens is 1. The molecule has 0 saturated carbocycles. The maximum atomic E-state index is 11.3. The highest BCUT2D eigenvalue weighted by atomic mass is 127. The third kappa shape index (κ3) is 4.17. The van der Waals surface area contributed by atoms with E-state index in [0.717, 1.165) is 31.5 Å². The summed E-state index contributed by atoms with van der Waals surface area (Å²) in [5.41, 5.74) is 2.43. The molecule has 0 aliphatic rings. The van der Waals surface area contributed by atoms with Gasteiger partial charge in [-0.05, 0) is 65.1 Å². The minimum atomic E-state index is -0.343. The fourth-order valence-electron chi connectivity index (χ4n) is 2.47. The Morgan fingerprint density at radius 2 is 1.92 bits per heavy atom. The van der Waals surface area contributed by atoms with Crippen LogP contribution < -0.4 is 9.47 Å². The van der Waals surface area contributed by atoms with Crippen molar-refractivity contribution in [3.8, 4) is 11.5 Å². The van der Waals surface area contributed by atoms with Gasteiger partial charge in [-0.1, -0.05) is 18.2 Å². The maximum Gasteiger partial charge on any atom is 0.308 e. The van der Waals surface area contributed by atoms with Gasteiger partial charge in [-0.3, -0.25) is 4.79 Å². The van der Waals surface area contributed by atoms with Crippen LogP contribution in [0.3, 0.4) is 0 Å². The molecule has 0 saturated heterocycles. The summed E-state index contributed by atoms with van der Waals surface area (Å²) >= 11 is 2.22. The van der Waals surface area contributed by atoms with Crippen LogP contribution in [0.15, 0.2) is 48.5 Å². The van der Waals surface area contributed by atoms with E-state index in [9.17, 15) is 4.79 Å². The van der Waals surface area contributed by atoms with Crippen LogP contribution in [0.5, 0.6) is 11.5 Å². The minimum absolute atomic E-state index is 0.343. The van der Waals surface area contributed by atoms with Gasteiger partial charge in [-0.15, -0.1) is 0 Å². The lowest BCUT2D eigenvalue weighted by molar-refractivity contribution is -0.131. The van der Waals surface area contributed by atoms with Gasteiger partial charge in [0.25, 0.3) is 0 Å². The van der Waals surface area contributed by atoms with Crippen LogP contribution in [-0.2, 0) is 4.79 Å². The first-order valence-electron chi connectivity index (χ1n) is 7.66. The fourth-order valence-corrected chi connectivity index (χ4v) is 2.98. The van der Waals surface area contributed by atoms with E-state index < -0.39 is 0 Å². The second kappa shape index (κ2) is 7.65. The molecular weight excluding hydrogens is 429 g/mol. The van der Waals surface area contributed by atoms with Crippen LogP contribution in [0, 0.1) is 3.57 Å². The van der Waals surface area contributed by atoms with Crippen molar-refractivity contribution >= 4 is 51.6 Å². The van der Waals surface area contributed by atoms with Crippen LogP contribution in [0.1, 0.15) is 18.2 Å². The molecule has 3 aromatic rings. The van der Waals surface area contributed by atoms with Gasteiger partial charge in [-0.2, -0.15) is 0 Å². The third-order valence-corrected chi connectivity index (χ3v) is 4.25. The zero-order valence-corrected chi connectivity index (χ0v) is 16.0. The molecule has 1 heterocycles. The molecule has 0 radical (unpaired) electrons. The van der Waals surface area contributed by atoms with Gasteiger partial charge in [-0.25, -0.2) is 4.98 Å². The van der Waals surface area contributed by atoms with Gasteiger partial charge in [0.05, 0.1) is 12.8 Å². The molecule has 0 N–H and O–H groups in total. The molecule has 0 spiro atoms. The summed E-state index contributed by atoms with van der Waals surface area (Å²) in [6, 6.07) is 15.4. The molecule has 0 fully saturated rings.